The topological polar surface area (TPSA) is 76.7 Å². The second-order valence-corrected chi connectivity index (χ2v) is 6.54. The quantitative estimate of drug-likeness (QED) is 0.766. The normalized spacial score (nSPS) is 13.5. The molecular weight excluding hydrogens is 363 g/mol. The van der Waals surface area contributed by atoms with Gasteiger partial charge >= 0.3 is 0 Å². The zero-order valence-corrected chi connectivity index (χ0v) is 15.7. The van der Waals surface area contributed by atoms with Crippen LogP contribution in [0.1, 0.15) is 31.2 Å². The summed E-state index contributed by atoms with van der Waals surface area (Å²) < 4.78 is 24.0. The second-order valence-electron chi connectivity index (χ2n) is 6.54. The van der Waals surface area contributed by atoms with Crippen molar-refractivity contribution in [2.45, 2.75) is 25.7 Å². The lowest BCUT2D eigenvalue weighted by Gasteiger charge is -2.19. The van der Waals surface area contributed by atoms with Crippen LogP contribution in [0.15, 0.2) is 42.5 Å². The molecule has 1 aliphatic heterocycles. The minimum Gasteiger partial charge on any atom is -0.486 e. The molecule has 0 aromatic heterocycles. The number of rotatable bonds is 7. The summed E-state index contributed by atoms with van der Waals surface area (Å²) >= 11 is 0. The van der Waals surface area contributed by atoms with E-state index in [-0.39, 0.29) is 36.5 Å². The second kappa shape index (κ2) is 9.21. The monoisotopic (exact) mass is 386 g/mol. The van der Waals surface area contributed by atoms with Crippen LogP contribution >= 0.6 is 0 Å². The first kappa shape index (κ1) is 19.7. The molecule has 1 unspecified atom stereocenters. The molecule has 2 N–H and O–H groups in total. The number of ether oxygens (including phenoxy) is 2. The Morgan fingerprint density at radius 3 is 2.46 bits per heavy atom. The molecule has 0 saturated heterocycles. The molecule has 0 aliphatic carbocycles. The first-order valence-electron chi connectivity index (χ1n) is 9.27. The van der Waals surface area contributed by atoms with E-state index in [1.807, 2.05) is 6.92 Å². The molecule has 1 heterocycles. The van der Waals surface area contributed by atoms with E-state index in [4.69, 9.17) is 9.47 Å². The molecule has 7 heteroatoms. The molecule has 6 nitrogen and oxygen atoms in total. The van der Waals surface area contributed by atoms with Gasteiger partial charge in [-0.2, -0.15) is 0 Å². The Labute approximate surface area is 163 Å². The van der Waals surface area contributed by atoms with Crippen molar-refractivity contribution < 1.29 is 23.5 Å². The highest BCUT2D eigenvalue weighted by Gasteiger charge is 2.16. The lowest BCUT2D eigenvalue weighted by atomic mass is 9.93. The highest BCUT2D eigenvalue weighted by molar-refractivity contribution is 5.94. The standard InChI is InChI=1S/C21H23FN2O4/c1-2-14(15-3-5-16(22)6-4-15)11-20(25)23-13-21(26)24-17-7-8-18-19(12-17)28-10-9-27-18/h3-8,12,14H,2,9-11,13H2,1H3,(H,23,25)(H,24,26). The number of halogens is 1. The molecule has 0 bridgehead atoms. The summed E-state index contributed by atoms with van der Waals surface area (Å²) in [6.07, 6.45) is 0.974. The number of anilines is 1. The van der Waals surface area contributed by atoms with Crippen LogP contribution in [0.3, 0.4) is 0 Å². The van der Waals surface area contributed by atoms with Gasteiger partial charge in [-0.1, -0.05) is 19.1 Å². The smallest absolute Gasteiger partial charge is 0.243 e. The van der Waals surface area contributed by atoms with Crippen LogP contribution in [-0.4, -0.2) is 31.6 Å². The van der Waals surface area contributed by atoms with Crippen molar-refractivity contribution >= 4 is 17.5 Å². The third-order valence-electron chi connectivity index (χ3n) is 4.54. The molecule has 2 aromatic carbocycles. The minimum absolute atomic E-state index is 0.0264. The van der Waals surface area contributed by atoms with Crippen molar-refractivity contribution in [2.24, 2.45) is 0 Å². The van der Waals surface area contributed by atoms with Crippen LogP contribution in [0.5, 0.6) is 11.5 Å². The van der Waals surface area contributed by atoms with E-state index in [0.717, 1.165) is 12.0 Å². The number of amides is 2. The van der Waals surface area contributed by atoms with E-state index in [0.29, 0.717) is 30.4 Å². The van der Waals surface area contributed by atoms with Gasteiger partial charge in [0.15, 0.2) is 11.5 Å². The van der Waals surface area contributed by atoms with Crippen molar-refractivity contribution in [3.8, 4) is 11.5 Å². The Balaban J connectivity index is 1.48. The fourth-order valence-corrected chi connectivity index (χ4v) is 3.03. The summed E-state index contributed by atoms with van der Waals surface area (Å²) in [6.45, 7) is 2.80. The molecule has 2 amide bonds. The Hall–Kier alpha value is -3.09. The van der Waals surface area contributed by atoms with Crippen LogP contribution in [0.25, 0.3) is 0 Å². The van der Waals surface area contributed by atoms with E-state index in [9.17, 15) is 14.0 Å². The average Bonchev–Trinajstić information content (AvgIpc) is 2.71. The van der Waals surface area contributed by atoms with E-state index in [1.54, 1.807) is 30.3 Å². The third-order valence-corrected chi connectivity index (χ3v) is 4.54. The molecular formula is C21H23FN2O4. The average molecular weight is 386 g/mol. The van der Waals surface area contributed by atoms with Gasteiger partial charge in [0.1, 0.15) is 19.0 Å². The molecule has 0 fully saturated rings. The van der Waals surface area contributed by atoms with E-state index < -0.39 is 0 Å². The van der Waals surface area contributed by atoms with Gasteiger partial charge < -0.3 is 20.1 Å². The summed E-state index contributed by atoms with van der Waals surface area (Å²) in [7, 11) is 0. The number of fused-ring (bicyclic) bond motifs is 1. The maximum Gasteiger partial charge on any atom is 0.243 e. The first-order chi connectivity index (χ1) is 13.5. The van der Waals surface area contributed by atoms with E-state index >= 15 is 0 Å². The molecule has 0 radical (unpaired) electrons. The molecule has 1 aliphatic rings. The number of carbonyl (C=O) groups excluding carboxylic acids is 2. The molecule has 148 valence electrons. The molecule has 0 spiro atoms. The van der Waals surface area contributed by atoms with Crippen LogP contribution < -0.4 is 20.1 Å². The maximum atomic E-state index is 13.1. The van der Waals surface area contributed by atoms with Crippen LogP contribution in [0.4, 0.5) is 10.1 Å². The fraction of sp³-hybridized carbons (Fsp3) is 0.333. The van der Waals surface area contributed by atoms with Crippen molar-refractivity contribution in [3.63, 3.8) is 0 Å². The molecule has 2 aromatic rings. The first-order valence-corrected chi connectivity index (χ1v) is 9.27. The van der Waals surface area contributed by atoms with Gasteiger partial charge in [-0.15, -0.1) is 0 Å². The zero-order valence-electron chi connectivity index (χ0n) is 15.7. The van der Waals surface area contributed by atoms with Gasteiger partial charge in [0.25, 0.3) is 0 Å². The highest BCUT2D eigenvalue weighted by atomic mass is 19.1. The number of carbonyl (C=O) groups is 2. The highest BCUT2D eigenvalue weighted by Crippen LogP contribution is 2.32. The largest absolute Gasteiger partial charge is 0.486 e. The van der Waals surface area contributed by atoms with Gasteiger partial charge in [0.05, 0.1) is 6.54 Å². The summed E-state index contributed by atoms with van der Waals surface area (Å²) in [5.74, 6) is 0.329. The summed E-state index contributed by atoms with van der Waals surface area (Å²) in [6, 6.07) is 11.3. The Morgan fingerprint density at radius 2 is 1.75 bits per heavy atom. The van der Waals surface area contributed by atoms with Crippen LogP contribution in [0.2, 0.25) is 0 Å². The molecule has 0 saturated carbocycles. The lowest BCUT2D eigenvalue weighted by molar-refractivity contribution is -0.124. The van der Waals surface area contributed by atoms with Gasteiger partial charge in [0, 0.05) is 18.2 Å². The maximum absolute atomic E-state index is 13.1. The summed E-state index contributed by atoms with van der Waals surface area (Å²) in [5.41, 5.74) is 1.47. The Kier molecular flexibility index (Phi) is 6.47. The van der Waals surface area contributed by atoms with Crippen molar-refractivity contribution in [3.05, 3.63) is 53.8 Å². The van der Waals surface area contributed by atoms with Crippen molar-refractivity contribution in [1.29, 1.82) is 0 Å². The molecule has 1 atom stereocenters. The predicted octanol–water partition coefficient (Wildman–Crippen LogP) is 3.24. The van der Waals surface area contributed by atoms with Gasteiger partial charge in [-0.25, -0.2) is 4.39 Å². The van der Waals surface area contributed by atoms with Crippen molar-refractivity contribution in [1.82, 2.24) is 5.32 Å². The van der Waals surface area contributed by atoms with E-state index in [2.05, 4.69) is 10.6 Å². The predicted molar refractivity (Wildman–Crippen MR) is 103 cm³/mol. The number of benzene rings is 2. The summed E-state index contributed by atoms with van der Waals surface area (Å²) in [4.78, 5) is 24.3. The molecule has 3 rings (SSSR count). The summed E-state index contributed by atoms with van der Waals surface area (Å²) in [5, 5.41) is 5.35. The van der Waals surface area contributed by atoms with Crippen molar-refractivity contribution in [2.75, 3.05) is 25.1 Å². The SMILES string of the molecule is CCC(CC(=O)NCC(=O)Nc1ccc2c(c1)OCCO2)c1ccc(F)cc1. The zero-order chi connectivity index (χ0) is 19.9. The number of hydrogen-bond acceptors (Lipinski definition) is 4. The van der Waals surface area contributed by atoms with Gasteiger partial charge in [-0.3, -0.25) is 9.59 Å². The third kappa shape index (κ3) is 5.22. The van der Waals surface area contributed by atoms with Crippen LogP contribution in [0, 0.1) is 5.82 Å². The Morgan fingerprint density at radius 1 is 1.04 bits per heavy atom. The minimum atomic E-state index is -0.333. The lowest BCUT2D eigenvalue weighted by Crippen LogP contribution is -2.33. The molecule has 28 heavy (non-hydrogen) atoms. The van der Waals surface area contributed by atoms with Gasteiger partial charge in [0.2, 0.25) is 11.8 Å². The van der Waals surface area contributed by atoms with Gasteiger partial charge in [-0.05, 0) is 42.2 Å². The van der Waals surface area contributed by atoms with Crippen LogP contribution in [-0.2, 0) is 9.59 Å². The number of nitrogens with one attached hydrogen (secondary N) is 2. The number of hydrogen-bond donors (Lipinski definition) is 2. The Bertz CT molecular complexity index is 839. The van der Waals surface area contributed by atoms with E-state index in [1.165, 1.54) is 12.1 Å². The fourth-order valence-electron chi connectivity index (χ4n) is 3.03.